The maximum Gasteiger partial charge on any atom is 0.332 e. The molecular formula is C45H66O13. The molecule has 1 spiro atoms. The summed E-state index contributed by atoms with van der Waals surface area (Å²) in [5.74, 6) is -3.01. The zero-order valence-electron chi connectivity index (χ0n) is 35.7. The van der Waals surface area contributed by atoms with Crippen LogP contribution in [0.5, 0.6) is 0 Å². The van der Waals surface area contributed by atoms with Crippen LogP contribution >= 0.6 is 0 Å². The van der Waals surface area contributed by atoms with Crippen molar-refractivity contribution < 1.29 is 62.4 Å². The van der Waals surface area contributed by atoms with Crippen molar-refractivity contribution in [1.29, 1.82) is 0 Å². The molecule has 5 aliphatic heterocycles. The molecule has 0 aromatic carbocycles. The first-order chi connectivity index (χ1) is 27.6. The minimum Gasteiger partial charge on any atom is -0.464 e. The molecule has 324 valence electrons. The van der Waals surface area contributed by atoms with Crippen molar-refractivity contribution in [1.82, 2.24) is 0 Å². The van der Waals surface area contributed by atoms with Gasteiger partial charge in [0.15, 0.2) is 12.1 Å². The second kappa shape index (κ2) is 18.9. The zero-order chi connectivity index (χ0) is 41.9. The summed E-state index contributed by atoms with van der Waals surface area (Å²) in [4.78, 5) is 26.4. The van der Waals surface area contributed by atoms with Gasteiger partial charge in [0.05, 0.1) is 43.7 Å². The van der Waals surface area contributed by atoms with E-state index in [0.29, 0.717) is 36.8 Å². The summed E-state index contributed by atoms with van der Waals surface area (Å²) in [6.07, 6.45) is 10.3. The Hall–Kier alpha value is -2.72. The highest BCUT2D eigenvalue weighted by molar-refractivity contribution is 5.78. The van der Waals surface area contributed by atoms with Gasteiger partial charge in [-0.15, -0.1) is 0 Å². The van der Waals surface area contributed by atoms with Gasteiger partial charge in [-0.3, -0.25) is 4.79 Å². The molecule has 13 nitrogen and oxygen atoms in total. The number of allylic oxidation sites excluding steroid dienone is 2. The highest BCUT2D eigenvalue weighted by atomic mass is 16.7. The third kappa shape index (κ3) is 9.43. The zero-order valence-corrected chi connectivity index (χ0v) is 35.7. The van der Waals surface area contributed by atoms with Crippen molar-refractivity contribution in [3.8, 4) is 0 Å². The minimum atomic E-state index is -1.83. The average molecular weight is 815 g/mol. The number of methoxy groups -OCH3 is 1. The lowest BCUT2D eigenvalue weighted by Gasteiger charge is -2.48. The third-order valence-electron chi connectivity index (χ3n) is 12.9. The summed E-state index contributed by atoms with van der Waals surface area (Å²) in [7, 11) is 1.60. The lowest BCUT2D eigenvalue weighted by atomic mass is 9.71. The molecule has 1 aliphatic carbocycles. The molecule has 2 bridgehead atoms. The predicted octanol–water partition coefficient (Wildman–Crippen LogP) is 5.43. The standard InChI is InChI=1S/C45H66O13/c1-10-25(3)40-28(6)17-18-44(58-40)22-33-20-32(57-44)16-15-27(5)39(56-37-21-35(50-9)41(30(8)54-37)52-24-36(46)51-11-2)26(4)13-12-14-31-23-53-42-38(47)29(7)19-34(43(48)55-33)45(31,42)49/h12-15,17-19,25-26,28,30,32-35,37-42,47,49H,10-11,16,20-24H2,1-9H3/b13-12+,27-15+,31-14+/t25?,26-,28-,30-,32+,33-,34-,35-,37-,38+,39-,40+,41-,42+,44+,45+/m0/s1. The molecule has 0 amide bonds. The van der Waals surface area contributed by atoms with Gasteiger partial charge >= 0.3 is 11.9 Å². The van der Waals surface area contributed by atoms with E-state index in [1.165, 1.54) is 0 Å². The monoisotopic (exact) mass is 814 g/mol. The Kier molecular flexibility index (Phi) is 14.6. The van der Waals surface area contributed by atoms with Crippen molar-refractivity contribution in [2.24, 2.45) is 23.7 Å². The molecule has 0 radical (unpaired) electrons. The first kappa shape index (κ1) is 44.8. The van der Waals surface area contributed by atoms with Crippen LogP contribution < -0.4 is 0 Å². The molecule has 1 unspecified atom stereocenters. The minimum absolute atomic E-state index is 0.0304. The summed E-state index contributed by atoms with van der Waals surface area (Å²) in [6, 6.07) is 0. The molecule has 3 saturated heterocycles. The van der Waals surface area contributed by atoms with Gasteiger partial charge in [-0.25, -0.2) is 4.79 Å². The molecule has 0 aromatic heterocycles. The van der Waals surface area contributed by atoms with Crippen LogP contribution in [0.1, 0.15) is 87.5 Å². The normalized spacial score (nSPS) is 44.8. The van der Waals surface area contributed by atoms with E-state index < -0.39 is 78.3 Å². The molecule has 3 fully saturated rings. The maximum atomic E-state index is 14.3. The number of carbonyl (C=O) groups excluding carboxylic acids is 2. The first-order valence-electron chi connectivity index (χ1n) is 21.2. The van der Waals surface area contributed by atoms with E-state index in [9.17, 15) is 19.8 Å². The summed E-state index contributed by atoms with van der Waals surface area (Å²) >= 11 is 0. The van der Waals surface area contributed by atoms with Crippen LogP contribution in [0, 0.1) is 23.7 Å². The van der Waals surface area contributed by atoms with Gasteiger partial charge in [0.2, 0.25) is 0 Å². The number of esters is 2. The molecule has 6 aliphatic rings. The van der Waals surface area contributed by atoms with Crippen molar-refractivity contribution >= 4 is 11.9 Å². The maximum absolute atomic E-state index is 14.3. The number of hydrogen-bond acceptors (Lipinski definition) is 13. The third-order valence-corrected chi connectivity index (χ3v) is 12.9. The van der Waals surface area contributed by atoms with Gasteiger partial charge < -0.3 is 52.8 Å². The first-order valence-corrected chi connectivity index (χ1v) is 21.2. The van der Waals surface area contributed by atoms with Crippen molar-refractivity contribution in [3.05, 3.63) is 59.3 Å². The van der Waals surface area contributed by atoms with Crippen molar-refractivity contribution in [3.63, 3.8) is 0 Å². The molecule has 6 rings (SSSR count). The Morgan fingerprint density at radius 3 is 2.55 bits per heavy atom. The van der Waals surface area contributed by atoms with E-state index >= 15 is 0 Å². The van der Waals surface area contributed by atoms with Gasteiger partial charge in [-0.2, -0.15) is 0 Å². The molecule has 58 heavy (non-hydrogen) atoms. The number of aliphatic hydroxyl groups excluding tert-OH is 1. The SMILES string of the molecule is CCOC(=O)CO[C@H]1[C@H](C)O[C@@H](O[C@@H]2/C(C)=C/C[C@@H]3C[C@@H](C[C@]4(C=C[C@H](C)[C@@H](C(C)CC)O4)O3)OC(=O)[C@@H]3C=C(C)[C@@H](O)[C@H]4OC/C(=C\C=C\[C@@H]2C)[C@]43O)C[C@@H]1OC. The number of hydrogen-bond donors (Lipinski definition) is 2. The topological polar surface area (TPSA) is 158 Å². The fourth-order valence-electron chi connectivity index (χ4n) is 9.47. The van der Waals surface area contributed by atoms with E-state index in [0.717, 1.165) is 12.0 Å². The van der Waals surface area contributed by atoms with Crippen LogP contribution in [0.25, 0.3) is 0 Å². The van der Waals surface area contributed by atoms with Crippen LogP contribution in [0.3, 0.4) is 0 Å². The molecular weight excluding hydrogens is 748 g/mol. The number of carbonyl (C=O) groups is 2. The lowest BCUT2D eigenvalue weighted by molar-refractivity contribution is -0.300. The summed E-state index contributed by atoms with van der Waals surface area (Å²) in [6.45, 7) is 16.0. The molecule has 5 heterocycles. The number of fused-ring (bicyclic) bond motifs is 2. The van der Waals surface area contributed by atoms with Crippen LogP contribution in [0.2, 0.25) is 0 Å². The summed E-state index contributed by atoms with van der Waals surface area (Å²) in [5, 5.41) is 23.6. The fraction of sp³-hybridized carbons (Fsp3) is 0.733. The average Bonchev–Trinajstić information content (AvgIpc) is 3.53. The second-order valence-electron chi connectivity index (χ2n) is 17.2. The largest absolute Gasteiger partial charge is 0.464 e. The van der Waals surface area contributed by atoms with Crippen LogP contribution in [0.15, 0.2) is 59.3 Å². The molecule has 16 atom stereocenters. The van der Waals surface area contributed by atoms with Crippen LogP contribution in [-0.4, -0.2) is 122 Å². The van der Waals surface area contributed by atoms with Gasteiger partial charge in [-0.1, -0.05) is 70.6 Å². The summed E-state index contributed by atoms with van der Waals surface area (Å²) < 4.78 is 56.1. The highest BCUT2D eigenvalue weighted by Crippen LogP contribution is 2.47. The van der Waals surface area contributed by atoms with Gasteiger partial charge in [-0.05, 0) is 62.8 Å². The number of rotatable bonds is 9. The molecule has 2 N–H and O–H groups in total. The number of aliphatic hydroxyl groups is 2. The van der Waals surface area contributed by atoms with Crippen LogP contribution in [-0.2, 0) is 52.2 Å². The van der Waals surface area contributed by atoms with Crippen molar-refractivity contribution in [2.45, 2.75) is 160 Å². The van der Waals surface area contributed by atoms with E-state index in [1.807, 2.05) is 39.0 Å². The Morgan fingerprint density at radius 1 is 1.05 bits per heavy atom. The van der Waals surface area contributed by atoms with Crippen LogP contribution in [0.4, 0.5) is 0 Å². The number of ether oxygens (including phenoxy) is 9. The molecule has 13 heteroatoms. The molecule has 0 aromatic rings. The Labute approximate surface area is 343 Å². The van der Waals surface area contributed by atoms with Gasteiger partial charge in [0.25, 0.3) is 0 Å². The fourth-order valence-corrected chi connectivity index (χ4v) is 9.47. The smallest absolute Gasteiger partial charge is 0.332 e. The Balaban J connectivity index is 1.33. The highest BCUT2D eigenvalue weighted by Gasteiger charge is 2.60. The quantitative estimate of drug-likeness (QED) is 0.225. The lowest BCUT2D eigenvalue weighted by Crippen LogP contribution is -2.58. The second-order valence-corrected chi connectivity index (χ2v) is 17.2. The van der Waals surface area contributed by atoms with E-state index in [2.05, 4.69) is 32.9 Å². The van der Waals surface area contributed by atoms with E-state index in [-0.39, 0.29) is 49.8 Å². The van der Waals surface area contributed by atoms with Gasteiger partial charge in [0, 0.05) is 38.2 Å². The predicted molar refractivity (Wildman–Crippen MR) is 213 cm³/mol. The Bertz CT molecular complexity index is 1620. The summed E-state index contributed by atoms with van der Waals surface area (Å²) in [5.41, 5.74) is 0.119. The van der Waals surface area contributed by atoms with E-state index in [1.54, 1.807) is 33.1 Å². The van der Waals surface area contributed by atoms with Gasteiger partial charge in [0.1, 0.15) is 42.5 Å². The Morgan fingerprint density at radius 2 is 1.83 bits per heavy atom. The van der Waals surface area contributed by atoms with Crippen molar-refractivity contribution in [2.75, 3.05) is 26.9 Å². The molecule has 0 saturated carbocycles. The van der Waals surface area contributed by atoms with E-state index in [4.69, 9.17) is 42.6 Å².